The molecule has 2 aromatic rings. The van der Waals surface area contributed by atoms with Crippen LogP contribution in [-0.2, 0) is 0 Å². The third-order valence-corrected chi connectivity index (χ3v) is 2.66. The molecule has 0 spiro atoms. The van der Waals surface area contributed by atoms with Crippen LogP contribution in [0.2, 0.25) is 0 Å². The molecule has 0 saturated heterocycles. The van der Waals surface area contributed by atoms with E-state index in [4.69, 9.17) is 11.5 Å². The SMILES string of the molecule is NC(=O)NN=Cc1ccc2nc(N)sc2c1. The van der Waals surface area contributed by atoms with Crippen molar-refractivity contribution in [3.8, 4) is 0 Å². The molecule has 0 aliphatic carbocycles. The van der Waals surface area contributed by atoms with Crippen LogP contribution in [0.3, 0.4) is 0 Å². The van der Waals surface area contributed by atoms with Crippen LogP contribution in [-0.4, -0.2) is 17.2 Å². The number of fused-ring (bicyclic) bond motifs is 1. The zero-order chi connectivity index (χ0) is 11.5. The van der Waals surface area contributed by atoms with E-state index < -0.39 is 6.03 Å². The van der Waals surface area contributed by atoms with Gasteiger partial charge in [0.1, 0.15) is 0 Å². The van der Waals surface area contributed by atoms with Crippen molar-refractivity contribution >= 4 is 38.9 Å². The van der Waals surface area contributed by atoms with E-state index in [-0.39, 0.29) is 0 Å². The number of aromatic nitrogens is 1. The van der Waals surface area contributed by atoms with Crippen LogP contribution in [0.1, 0.15) is 5.56 Å². The molecular formula is C9H9N5OS. The molecule has 7 heteroatoms. The average Bonchev–Trinajstić information content (AvgIpc) is 2.56. The fourth-order valence-corrected chi connectivity index (χ4v) is 1.99. The summed E-state index contributed by atoms with van der Waals surface area (Å²) in [6.07, 6.45) is 1.50. The zero-order valence-electron chi connectivity index (χ0n) is 8.18. The molecule has 5 N–H and O–H groups in total. The molecule has 0 aliphatic rings. The molecule has 2 amide bonds. The van der Waals surface area contributed by atoms with Crippen molar-refractivity contribution in [2.75, 3.05) is 5.73 Å². The van der Waals surface area contributed by atoms with E-state index in [0.717, 1.165) is 15.8 Å². The summed E-state index contributed by atoms with van der Waals surface area (Å²) < 4.78 is 0.973. The number of nitrogens with zero attached hydrogens (tertiary/aromatic N) is 2. The normalized spacial score (nSPS) is 11.0. The van der Waals surface area contributed by atoms with Gasteiger partial charge in [0.05, 0.1) is 16.4 Å². The van der Waals surface area contributed by atoms with Gasteiger partial charge in [0.15, 0.2) is 5.13 Å². The molecule has 1 heterocycles. The Labute approximate surface area is 95.0 Å². The van der Waals surface area contributed by atoms with Gasteiger partial charge in [-0.3, -0.25) is 0 Å². The Morgan fingerprint density at radius 2 is 2.38 bits per heavy atom. The minimum Gasteiger partial charge on any atom is -0.375 e. The van der Waals surface area contributed by atoms with Gasteiger partial charge in [0.2, 0.25) is 0 Å². The Morgan fingerprint density at radius 1 is 1.56 bits per heavy atom. The second kappa shape index (κ2) is 4.15. The number of thiazole rings is 1. The van der Waals surface area contributed by atoms with Gasteiger partial charge in [-0.15, -0.1) is 0 Å². The molecule has 0 saturated carbocycles. The maximum atomic E-state index is 10.4. The molecule has 82 valence electrons. The van der Waals surface area contributed by atoms with E-state index >= 15 is 0 Å². The standard InChI is InChI=1S/C9H9N5OS/c10-8(15)14-12-4-5-1-2-6-7(3-5)16-9(11)13-6/h1-4H,(H2,11,13)(H3,10,14,15). The predicted octanol–water partition coefficient (Wildman–Crippen LogP) is 0.881. The fraction of sp³-hybridized carbons (Fsp3) is 0. The van der Waals surface area contributed by atoms with Crippen molar-refractivity contribution in [1.29, 1.82) is 0 Å². The van der Waals surface area contributed by atoms with Crippen molar-refractivity contribution in [1.82, 2.24) is 10.4 Å². The van der Waals surface area contributed by atoms with Gasteiger partial charge in [0, 0.05) is 0 Å². The monoisotopic (exact) mass is 235 g/mol. The third kappa shape index (κ3) is 2.26. The second-order valence-electron chi connectivity index (χ2n) is 3.01. The molecule has 16 heavy (non-hydrogen) atoms. The summed E-state index contributed by atoms with van der Waals surface area (Å²) in [6, 6.07) is 4.86. The Balaban J connectivity index is 2.25. The van der Waals surface area contributed by atoms with Crippen LogP contribution < -0.4 is 16.9 Å². The van der Waals surface area contributed by atoms with Gasteiger partial charge in [-0.05, 0) is 17.7 Å². The molecule has 2 rings (SSSR count). The predicted molar refractivity (Wildman–Crippen MR) is 64.3 cm³/mol. The summed E-state index contributed by atoms with van der Waals surface area (Å²) >= 11 is 1.40. The van der Waals surface area contributed by atoms with E-state index in [9.17, 15) is 4.79 Å². The largest absolute Gasteiger partial charge is 0.375 e. The topological polar surface area (TPSA) is 106 Å². The van der Waals surface area contributed by atoms with E-state index in [0.29, 0.717) is 5.13 Å². The fourth-order valence-electron chi connectivity index (χ4n) is 1.21. The third-order valence-electron chi connectivity index (χ3n) is 1.82. The van der Waals surface area contributed by atoms with Crippen molar-refractivity contribution < 1.29 is 4.79 Å². The van der Waals surface area contributed by atoms with E-state index in [1.807, 2.05) is 18.2 Å². The van der Waals surface area contributed by atoms with Crippen molar-refractivity contribution in [3.05, 3.63) is 23.8 Å². The van der Waals surface area contributed by atoms with Gasteiger partial charge in [-0.2, -0.15) is 5.10 Å². The van der Waals surface area contributed by atoms with Crippen molar-refractivity contribution in [2.24, 2.45) is 10.8 Å². The summed E-state index contributed by atoms with van der Waals surface area (Å²) in [6.45, 7) is 0. The highest BCUT2D eigenvalue weighted by Crippen LogP contribution is 2.23. The number of nitrogens with two attached hydrogens (primary N) is 2. The van der Waals surface area contributed by atoms with Crippen LogP contribution in [0.15, 0.2) is 23.3 Å². The molecule has 0 fully saturated rings. The summed E-state index contributed by atoms with van der Waals surface area (Å²) in [5, 5.41) is 4.19. The minimum absolute atomic E-state index is 0.527. The van der Waals surface area contributed by atoms with Crippen LogP contribution in [0.4, 0.5) is 9.93 Å². The number of hydrazone groups is 1. The molecule has 0 atom stereocenters. The molecule has 0 unspecified atom stereocenters. The van der Waals surface area contributed by atoms with Gasteiger partial charge in [-0.1, -0.05) is 17.4 Å². The first-order chi connectivity index (χ1) is 7.65. The number of amides is 2. The lowest BCUT2D eigenvalue weighted by Gasteiger charge is -1.93. The number of benzene rings is 1. The number of nitrogen functional groups attached to an aromatic ring is 1. The summed E-state index contributed by atoms with van der Waals surface area (Å²) in [4.78, 5) is 14.5. The summed E-state index contributed by atoms with van der Waals surface area (Å²) in [5.41, 5.74) is 14.2. The number of primary amides is 1. The quantitative estimate of drug-likeness (QED) is 0.531. The number of hydrogen-bond acceptors (Lipinski definition) is 5. The molecule has 1 aromatic carbocycles. The Morgan fingerprint density at radius 3 is 3.12 bits per heavy atom. The van der Waals surface area contributed by atoms with Gasteiger partial charge < -0.3 is 11.5 Å². The van der Waals surface area contributed by atoms with Crippen LogP contribution in [0.5, 0.6) is 0 Å². The Hall–Kier alpha value is -2.15. The lowest BCUT2D eigenvalue weighted by Crippen LogP contribution is -2.24. The average molecular weight is 235 g/mol. The van der Waals surface area contributed by atoms with Crippen LogP contribution in [0, 0.1) is 0 Å². The highest BCUT2D eigenvalue weighted by Gasteiger charge is 2.00. The first-order valence-electron chi connectivity index (χ1n) is 4.40. The van der Waals surface area contributed by atoms with Crippen molar-refractivity contribution in [3.63, 3.8) is 0 Å². The number of nitrogens with one attached hydrogen (secondary N) is 1. The second-order valence-corrected chi connectivity index (χ2v) is 4.08. The summed E-state index contributed by atoms with van der Waals surface area (Å²) in [5.74, 6) is 0. The van der Waals surface area contributed by atoms with E-state index in [1.54, 1.807) is 0 Å². The minimum atomic E-state index is -0.695. The van der Waals surface area contributed by atoms with Gasteiger partial charge >= 0.3 is 6.03 Å². The molecule has 1 aromatic heterocycles. The van der Waals surface area contributed by atoms with Gasteiger partial charge in [-0.25, -0.2) is 15.2 Å². The van der Waals surface area contributed by atoms with Gasteiger partial charge in [0.25, 0.3) is 0 Å². The maximum absolute atomic E-state index is 10.4. The molecular weight excluding hydrogens is 226 g/mol. The highest BCUT2D eigenvalue weighted by molar-refractivity contribution is 7.22. The Bertz CT molecular complexity index is 562. The molecule has 0 aliphatic heterocycles. The molecule has 0 radical (unpaired) electrons. The van der Waals surface area contributed by atoms with E-state index in [2.05, 4.69) is 15.5 Å². The van der Waals surface area contributed by atoms with Crippen LogP contribution in [0.25, 0.3) is 10.2 Å². The van der Waals surface area contributed by atoms with Crippen molar-refractivity contribution in [2.45, 2.75) is 0 Å². The molecule has 0 bridgehead atoms. The first kappa shape index (κ1) is 10.4. The van der Waals surface area contributed by atoms with E-state index in [1.165, 1.54) is 17.6 Å². The number of urea groups is 1. The number of anilines is 1. The number of carbonyl (C=O) groups is 1. The zero-order valence-corrected chi connectivity index (χ0v) is 8.99. The lowest BCUT2D eigenvalue weighted by molar-refractivity contribution is 0.249. The summed E-state index contributed by atoms with van der Waals surface area (Å²) in [7, 11) is 0. The highest BCUT2D eigenvalue weighted by atomic mass is 32.1. The number of rotatable bonds is 2. The number of carbonyl (C=O) groups excluding carboxylic acids is 1. The smallest absolute Gasteiger partial charge is 0.332 e. The lowest BCUT2D eigenvalue weighted by atomic mass is 10.2. The number of hydrogen-bond donors (Lipinski definition) is 3. The van der Waals surface area contributed by atoms with Crippen LogP contribution >= 0.6 is 11.3 Å². The molecule has 6 nitrogen and oxygen atoms in total. The maximum Gasteiger partial charge on any atom is 0.332 e. The first-order valence-corrected chi connectivity index (χ1v) is 5.21. The Kier molecular flexibility index (Phi) is 2.69.